The molecule has 2 aromatic carbocycles. The average Bonchev–Trinajstić information content (AvgIpc) is 3.32. The number of anilines is 2. The van der Waals surface area contributed by atoms with Crippen LogP contribution in [-0.4, -0.2) is 72.1 Å². The molecule has 0 aliphatic carbocycles. The van der Waals surface area contributed by atoms with Crippen molar-refractivity contribution in [3.8, 4) is 17.1 Å². The fraction of sp³-hybridized carbons (Fsp3) is 0.483. The second-order valence-corrected chi connectivity index (χ2v) is 11.4. The predicted molar refractivity (Wildman–Crippen MR) is 155 cm³/mol. The number of ether oxygens (including phenoxy) is 2. The summed E-state index contributed by atoms with van der Waals surface area (Å²) in [5.74, 6) is 0.731. The van der Waals surface area contributed by atoms with Crippen LogP contribution in [0.1, 0.15) is 32.3 Å². The van der Waals surface area contributed by atoms with Crippen LogP contribution in [0.15, 0.2) is 22.7 Å². The van der Waals surface area contributed by atoms with Gasteiger partial charge in [0.1, 0.15) is 17.9 Å². The van der Waals surface area contributed by atoms with E-state index < -0.39 is 5.82 Å². The minimum absolute atomic E-state index is 0.146. The molecule has 2 atom stereocenters. The summed E-state index contributed by atoms with van der Waals surface area (Å²) in [5, 5.41) is 5.21. The van der Waals surface area contributed by atoms with Gasteiger partial charge in [0, 0.05) is 48.7 Å². The number of benzene rings is 2. The lowest BCUT2D eigenvalue weighted by atomic mass is 9.93. The first-order valence-corrected chi connectivity index (χ1v) is 14.2. The molecule has 0 bridgehead atoms. The van der Waals surface area contributed by atoms with Crippen LogP contribution in [0.2, 0.25) is 5.02 Å². The van der Waals surface area contributed by atoms with Gasteiger partial charge in [-0.1, -0.05) is 29.7 Å². The Kier molecular flexibility index (Phi) is 7.41. The molecule has 2 aliphatic rings. The Bertz CT molecular complexity index is 1560. The summed E-state index contributed by atoms with van der Waals surface area (Å²) in [7, 11) is 0. The predicted octanol–water partition coefficient (Wildman–Crippen LogP) is 5.46. The SMILES string of the molecule is Cc1ccc2onc(N)c2c1-c1c(Cl)cc2c(N3C[C@@H](C)CC[C@@H]3C)nc(OCCN3CCOCC3)nc2c1F. The van der Waals surface area contributed by atoms with Gasteiger partial charge in [-0.2, -0.15) is 9.97 Å². The van der Waals surface area contributed by atoms with Gasteiger partial charge in [0.2, 0.25) is 0 Å². The number of aromatic nitrogens is 3. The number of nitrogens with two attached hydrogens (primary N) is 1. The van der Waals surface area contributed by atoms with Gasteiger partial charge in [0.25, 0.3) is 0 Å². The molecule has 0 radical (unpaired) electrons. The Morgan fingerprint density at radius 2 is 1.95 bits per heavy atom. The third-order valence-corrected chi connectivity index (χ3v) is 8.40. The fourth-order valence-corrected chi connectivity index (χ4v) is 6.12. The smallest absolute Gasteiger partial charge is 0.319 e. The molecule has 40 heavy (non-hydrogen) atoms. The van der Waals surface area contributed by atoms with Gasteiger partial charge in [0.15, 0.2) is 17.2 Å². The molecule has 6 rings (SSSR count). The number of halogens is 2. The largest absolute Gasteiger partial charge is 0.462 e. The van der Waals surface area contributed by atoms with E-state index in [1.165, 1.54) is 0 Å². The molecule has 0 saturated carbocycles. The molecule has 0 spiro atoms. The molecule has 0 amide bonds. The molecule has 2 aromatic heterocycles. The molecular formula is C29H34ClFN6O3. The van der Waals surface area contributed by atoms with Gasteiger partial charge in [-0.05, 0) is 50.3 Å². The lowest BCUT2D eigenvalue weighted by molar-refractivity contribution is 0.0317. The molecule has 2 fully saturated rings. The maximum Gasteiger partial charge on any atom is 0.319 e. The van der Waals surface area contributed by atoms with Crippen LogP contribution in [-0.2, 0) is 4.74 Å². The Morgan fingerprint density at radius 3 is 2.75 bits per heavy atom. The second kappa shape index (κ2) is 11.0. The highest BCUT2D eigenvalue weighted by molar-refractivity contribution is 6.35. The van der Waals surface area contributed by atoms with E-state index in [1.54, 1.807) is 12.1 Å². The minimum Gasteiger partial charge on any atom is -0.462 e. The number of piperidine rings is 1. The summed E-state index contributed by atoms with van der Waals surface area (Å²) in [5.41, 5.74) is 8.30. The lowest BCUT2D eigenvalue weighted by Crippen LogP contribution is -2.41. The Morgan fingerprint density at radius 1 is 1.15 bits per heavy atom. The van der Waals surface area contributed by atoms with Crippen molar-refractivity contribution in [3.05, 3.63) is 34.6 Å². The first-order chi connectivity index (χ1) is 19.3. The Hall–Kier alpha value is -3.21. The molecule has 212 valence electrons. The number of rotatable bonds is 6. The highest BCUT2D eigenvalue weighted by Gasteiger charge is 2.29. The number of aryl methyl sites for hydroxylation is 1. The van der Waals surface area contributed by atoms with Crippen molar-refractivity contribution < 1.29 is 18.4 Å². The number of nitrogen functional groups attached to an aromatic ring is 1. The number of nitrogens with zero attached hydrogens (tertiary/aromatic N) is 5. The third-order valence-electron chi connectivity index (χ3n) is 8.10. The minimum atomic E-state index is -0.557. The van der Waals surface area contributed by atoms with Crippen LogP contribution in [0.25, 0.3) is 33.0 Å². The van der Waals surface area contributed by atoms with Gasteiger partial charge in [-0.25, -0.2) is 4.39 Å². The molecule has 9 nitrogen and oxygen atoms in total. The highest BCUT2D eigenvalue weighted by atomic mass is 35.5. The van der Waals surface area contributed by atoms with Gasteiger partial charge in [0.05, 0.1) is 23.6 Å². The number of fused-ring (bicyclic) bond motifs is 2. The van der Waals surface area contributed by atoms with E-state index in [0.717, 1.165) is 38.0 Å². The van der Waals surface area contributed by atoms with E-state index >= 15 is 4.39 Å². The van der Waals surface area contributed by atoms with Gasteiger partial charge < -0.3 is 24.6 Å². The molecule has 2 saturated heterocycles. The standard InChI is InChI=1S/C29H34ClFN6O3/c1-16-4-6-18(3)37(15-16)28-19-14-20(30)23(22-17(2)5-7-21-24(22)27(32)35-40-21)25(31)26(19)33-29(34-28)39-13-10-36-8-11-38-12-9-36/h5,7,14,16,18H,4,6,8-13,15H2,1-3H3,(H2,32,35)/t16-,18-/m0/s1. The van der Waals surface area contributed by atoms with Crippen LogP contribution in [0.4, 0.5) is 16.0 Å². The van der Waals surface area contributed by atoms with E-state index in [-0.39, 0.29) is 34.0 Å². The number of morpholine rings is 1. The van der Waals surface area contributed by atoms with Crippen molar-refractivity contribution in [2.45, 2.75) is 39.7 Å². The zero-order valence-corrected chi connectivity index (χ0v) is 23.8. The topological polar surface area (TPSA) is 103 Å². The average molecular weight is 569 g/mol. The molecule has 4 heterocycles. The van der Waals surface area contributed by atoms with Crippen LogP contribution < -0.4 is 15.4 Å². The summed E-state index contributed by atoms with van der Waals surface area (Å²) >= 11 is 6.87. The number of hydrogen-bond acceptors (Lipinski definition) is 9. The number of hydrogen-bond donors (Lipinski definition) is 1. The zero-order valence-electron chi connectivity index (χ0n) is 23.0. The fourth-order valence-electron chi connectivity index (χ4n) is 5.83. The quantitative estimate of drug-likeness (QED) is 0.325. The molecule has 11 heteroatoms. The van der Waals surface area contributed by atoms with E-state index in [4.69, 9.17) is 36.3 Å². The van der Waals surface area contributed by atoms with E-state index in [0.29, 0.717) is 60.0 Å². The Labute approximate surface area is 237 Å². The van der Waals surface area contributed by atoms with E-state index in [9.17, 15) is 0 Å². The van der Waals surface area contributed by atoms with Crippen molar-refractivity contribution in [1.82, 2.24) is 20.0 Å². The monoisotopic (exact) mass is 568 g/mol. The molecule has 2 aliphatic heterocycles. The van der Waals surface area contributed by atoms with E-state index in [1.807, 2.05) is 13.0 Å². The second-order valence-electron chi connectivity index (χ2n) is 11.0. The molecule has 0 unspecified atom stereocenters. The van der Waals surface area contributed by atoms with Crippen molar-refractivity contribution in [2.75, 3.05) is 56.6 Å². The highest BCUT2D eigenvalue weighted by Crippen LogP contribution is 2.44. The maximum absolute atomic E-state index is 16.7. The molecule has 4 aromatic rings. The van der Waals surface area contributed by atoms with Gasteiger partial charge in [-0.3, -0.25) is 4.90 Å². The van der Waals surface area contributed by atoms with Crippen molar-refractivity contribution >= 4 is 45.1 Å². The summed E-state index contributed by atoms with van der Waals surface area (Å²) < 4.78 is 33.6. The van der Waals surface area contributed by atoms with E-state index in [2.05, 4.69) is 33.8 Å². The van der Waals surface area contributed by atoms with Crippen LogP contribution in [0.5, 0.6) is 6.01 Å². The van der Waals surface area contributed by atoms with Crippen molar-refractivity contribution in [3.63, 3.8) is 0 Å². The molecular weight excluding hydrogens is 535 g/mol. The van der Waals surface area contributed by atoms with Crippen LogP contribution >= 0.6 is 11.6 Å². The maximum atomic E-state index is 16.7. The first kappa shape index (κ1) is 27.0. The third kappa shape index (κ3) is 4.93. The summed E-state index contributed by atoms with van der Waals surface area (Å²) in [6.45, 7) is 11.3. The van der Waals surface area contributed by atoms with Crippen molar-refractivity contribution in [1.29, 1.82) is 0 Å². The normalized spacial score (nSPS) is 20.5. The van der Waals surface area contributed by atoms with Crippen molar-refractivity contribution in [2.24, 2.45) is 5.92 Å². The summed E-state index contributed by atoms with van der Waals surface area (Å²) in [6.07, 6.45) is 2.15. The first-order valence-electron chi connectivity index (χ1n) is 13.9. The zero-order chi connectivity index (χ0) is 28.0. The summed E-state index contributed by atoms with van der Waals surface area (Å²) in [6, 6.07) is 5.74. The Balaban J connectivity index is 1.49. The van der Waals surface area contributed by atoms with Crippen LogP contribution in [0, 0.1) is 18.7 Å². The van der Waals surface area contributed by atoms with Gasteiger partial charge in [-0.15, -0.1) is 0 Å². The van der Waals surface area contributed by atoms with Gasteiger partial charge >= 0.3 is 6.01 Å². The van der Waals surface area contributed by atoms with Crippen LogP contribution in [0.3, 0.4) is 0 Å². The molecule has 2 N–H and O–H groups in total. The lowest BCUT2D eigenvalue weighted by Gasteiger charge is -2.38. The summed E-state index contributed by atoms with van der Waals surface area (Å²) in [4.78, 5) is 13.9.